The summed E-state index contributed by atoms with van der Waals surface area (Å²) in [5, 5.41) is 0.665. The Morgan fingerprint density at radius 2 is 1.81 bits per heavy atom. The molecule has 1 aliphatic heterocycles. The molecule has 1 aromatic heterocycles. The SMILES string of the molecule is Cc1cc2nc(N(CCCN(C)C)C(=O)c3ccc(S(=O)(=O)N4CCCC(C)C4)cc3)sc2cc1C. The number of benzene rings is 2. The van der Waals surface area contributed by atoms with Crippen molar-refractivity contribution in [2.24, 2.45) is 5.92 Å². The third-order valence-corrected chi connectivity index (χ3v) is 9.74. The predicted molar refractivity (Wildman–Crippen MR) is 148 cm³/mol. The summed E-state index contributed by atoms with van der Waals surface area (Å²) >= 11 is 1.51. The van der Waals surface area contributed by atoms with Crippen molar-refractivity contribution < 1.29 is 13.2 Å². The Kier molecular flexibility index (Phi) is 8.14. The lowest BCUT2D eigenvalue weighted by atomic mass is 10.0. The minimum atomic E-state index is -3.57. The minimum absolute atomic E-state index is 0.170. The van der Waals surface area contributed by atoms with Crippen molar-refractivity contribution in [2.75, 3.05) is 45.2 Å². The number of anilines is 1. The van der Waals surface area contributed by atoms with Crippen LogP contribution in [0.4, 0.5) is 5.13 Å². The monoisotopic (exact) mass is 528 g/mol. The van der Waals surface area contributed by atoms with Gasteiger partial charge in [-0.2, -0.15) is 4.31 Å². The molecule has 3 aromatic rings. The fraction of sp³-hybridized carbons (Fsp3) is 0.481. The third-order valence-electron chi connectivity index (χ3n) is 6.81. The van der Waals surface area contributed by atoms with Gasteiger partial charge in [-0.25, -0.2) is 13.4 Å². The largest absolute Gasteiger partial charge is 0.309 e. The zero-order chi connectivity index (χ0) is 26.0. The third kappa shape index (κ3) is 5.80. The molecule has 0 aliphatic carbocycles. The quantitative estimate of drug-likeness (QED) is 0.414. The van der Waals surface area contributed by atoms with Crippen LogP contribution in [0.2, 0.25) is 0 Å². The number of hydrogen-bond donors (Lipinski definition) is 0. The first-order chi connectivity index (χ1) is 17.1. The fourth-order valence-electron chi connectivity index (χ4n) is 4.55. The second kappa shape index (κ2) is 11.0. The van der Waals surface area contributed by atoms with Gasteiger partial charge in [-0.3, -0.25) is 9.69 Å². The van der Waals surface area contributed by atoms with Gasteiger partial charge >= 0.3 is 0 Å². The molecule has 9 heteroatoms. The van der Waals surface area contributed by atoms with Crippen LogP contribution in [0.15, 0.2) is 41.3 Å². The molecule has 1 atom stereocenters. The number of amides is 1. The molecule has 7 nitrogen and oxygen atoms in total. The number of piperidine rings is 1. The summed E-state index contributed by atoms with van der Waals surface area (Å²) in [6.07, 6.45) is 2.72. The molecule has 1 unspecified atom stereocenters. The van der Waals surface area contributed by atoms with Crippen LogP contribution in [0.25, 0.3) is 10.2 Å². The molecular weight excluding hydrogens is 492 g/mol. The van der Waals surface area contributed by atoms with Crippen LogP contribution in [-0.2, 0) is 10.0 Å². The molecule has 0 saturated carbocycles. The average molecular weight is 529 g/mol. The molecule has 1 amide bonds. The van der Waals surface area contributed by atoms with E-state index in [0.29, 0.717) is 36.2 Å². The van der Waals surface area contributed by atoms with E-state index in [-0.39, 0.29) is 10.8 Å². The number of nitrogens with zero attached hydrogens (tertiary/aromatic N) is 4. The van der Waals surface area contributed by atoms with Gasteiger partial charge in [0.05, 0.1) is 15.1 Å². The highest BCUT2D eigenvalue weighted by Gasteiger charge is 2.29. The van der Waals surface area contributed by atoms with E-state index in [0.717, 1.165) is 36.0 Å². The van der Waals surface area contributed by atoms with Crippen molar-refractivity contribution in [3.63, 3.8) is 0 Å². The number of sulfonamides is 1. The van der Waals surface area contributed by atoms with E-state index in [9.17, 15) is 13.2 Å². The van der Waals surface area contributed by atoms with Crippen molar-refractivity contribution in [3.8, 4) is 0 Å². The predicted octanol–water partition coefficient (Wildman–Crippen LogP) is 4.93. The molecule has 1 fully saturated rings. The molecule has 0 N–H and O–H groups in total. The van der Waals surface area contributed by atoms with Gasteiger partial charge in [-0.05, 0) is 107 Å². The molecule has 2 heterocycles. The number of carbonyl (C=O) groups is 1. The Morgan fingerprint density at radius 1 is 1.11 bits per heavy atom. The first kappa shape index (κ1) is 26.7. The normalized spacial score (nSPS) is 17.1. The second-order valence-electron chi connectivity index (χ2n) is 10.1. The van der Waals surface area contributed by atoms with E-state index in [4.69, 9.17) is 4.98 Å². The summed E-state index contributed by atoms with van der Waals surface area (Å²) in [4.78, 5) is 22.5. The van der Waals surface area contributed by atoms with Crippen LogP contribution < -0.4 is 4.90 Å². The first-order valence-electron chi connectivity index (χ1n) is 12.5. The van der Waals surface area contributed by atoms with Crippen LogP contribution in [0.1, 0.15) is 47.7 Å². The van der Waals surface area contributed by atoms with Crippen molar-refractivity contribution in [1.82, 2.24) is 14.2 Å². The number of fused-ring (bicyclic) bond motifs is 1. The van der Waals surface area contributed by atoms with E-state index < -0.39 is 10.0 Å². The topological polar surface area (TPSA) is 73.8 Å². The summed E-state index contributed by atoms with van der Waals surface area (Å²) in [7, 11) is 0.457. The molecule has 36 heavy (non-hydrogen) atoms. The molecule has 0 spiro atoms. The van der Waals surface area contributed by atoms with Gasteiger partial charge in [-0.15, -0.1) is 0 Å². The van der Waals surface area contributed by atoms with Crippen LogP contribution in [0.3, 0.4) is 0 Å². The van der Waals surface area contributed by atoms with Gasteiger partial charge in [0.2, 0.25) is 10.0 Å². The lowest BCUT2D eigenvalue weighted by Gasteiger charge is -2.30. The van der Waals surface area contributed by atoms with E-state index >= 15 is 0 Å². The van der Waals surface area contributed by atoms with E-state index in [1.807, 2.05) is 14.1 Å². The van der Waals surface area contributed by atoms with Crippen molar-refractivity contribution in [2.45, 2.75) is 44.9 Å². The van der Waals surface area contributed by atoms with E-state index in [2.05, 4.69) is 37.8 Å². The van der Waals surface area contributed by atoms with Gasteiger partial charge in [0.25, 0.3) is 5.91 Å². The van der Waals surface area contributed by atoms with Gasteiger partial charge in [0.1, 0.15) is 0 Å². The molecular formula is C27H36N4O3S2. The van der Waals surface area contributed by atoms with Crippen LogP contribution in [0.5, 0.6) is 0 Å². The number of aryl methyl sites for hydroxylation is 2. The number of rotatable bonds is 8. The maximum Gasteiger partial charge on any atom is 0.260 e. The Hall–Kier alpha value is -2.33. The number of aromatic nitrogens is 1. The van der Waals surface area contributed by atoms with Crippen molar-refractivity contribution in [3.05, 3.63) is 53.1 Å². The standard InChI is InChI=1S/C27H36N4O3S2/c1-19-8-6-14-30(18-19)36(33,34)23-11-9-22(10-12-23)26(32)31(15-7-13-29(4)5)27-28-24-16-20(2)21(3)17-25(24)35-27/h9-12,16-17,19H,6-8,13-15,18H2,1-5H3. The maximum atomic E-state index is 13.7. The molecule has 0 radical (unpaired) electrons. The highest BCUT2D eigenvalue weighted by molar-refractivity contribution is 7.89. The van der Waals surface area contributed by atoms with E-state index in [1.54, 1.807) is 33.5 Å². The van der Waals surface area contributed by atoms with Crippen molar-refractivity contribution >= 4 is 42.6 Å². The summed E-state index contributed by atoms with van der Waals surface area (Å²) < 4.78 is 28.9. The summed E-state index contributed by atoms with van der Waals surface area (Å²) in [5.41, 5.74) is 3.71. The zero-order valence-electron chi connectivity index (χ0n) is 21.8. The fourth-order valence-corrected chi connectivity index (χ4v) is 7.22. The van der Waals surface area contributed by atoms with Crippen LogP contribution >= 0.6 is 11.3 Å². The molecule has 0 bridgehead atoms. The lowest BCUT2D eigenvalue weighted by molar-refractivity contribution is 0.0986. The molecule has 2 aromatic carbocycles. The zero-order valence-corrected chi connectivity index (χ0v) is 23.5. The minimum Gasteiger partial charge on any atom is -0.309 e. The number of thiazole rings is 1. The van der Waals surface area contributed by atoms with Gasteiger partial charge in [0.15, 0.2) is 5.13 Å². The average Bonchev–Trinajstić information content (AvgIpc) is 3.23. The van der Waals surface area contributed by atoms with Gasteiger partial charge in [0, 0.05) is 25.2 Å². The summed E-state index contributed by atoms with van der Waals surface area (Å²) in [6.45, 7) is 8.68. The van der Waals surface area contributed by atoms with Crippen LogP contribution in [0, 0.1) is 19.8 Å². The Labute approximate surface area is 218 Å². The summed E-state index contributed by atoms with van der Waals surface area (Å²) in [5.74, 6) is 0.184. The lowest BCUT2D eigenvalue weighted by Crippen LogP contribution is -2.39. The Balaban J connectivity index is 1.61. The maximum absolute atomic E-state index is 13.7. The highest BCUT2D eigenvalue weighted by atomic mass is 32.2. The molecule has 1 saturated heterocycles. The van der Waals surface area contributed by atoms with E-state index in [1.165, 1.54) is 22.5 Å². The molecule has 194 valence electrons. The van der Waals surface area contributed by atoms with Gasteiger partial charge in [-0.1, -0.05) is 18.3 Å². The first-order valence-corrected chi connectivity index (χ1v) is 14.8. The Bertz CT molecular complexity index is 1290. The summed E-state index contributed by atoms with van der Waals surface area (Å²) in [6, 6.07) is 10.6. The smallest absolute Gasteiger partial charge is 0.260 e. The molecule has 1 aliphatic rings. The number of hydrogen-bond acceptors (Lipinski definition) is 6. The van der Waals surface area contributed by atoms with Gasteiger partial charge < -0.3 is 4.90 Å². The molecule has 4 rings (SSSR count). The van der Waals surface area contributed by atoms with Crippen molar-refractivity contribution in [1.29, 1.82) is 0 Å². The highest BCUT2D eigenvalue weighted by Crippen LogP contribution is 2.32. The number of carbonyl (C=O) groups excluding carboxylic acids is 1. The second-order valence-corrected chi connectivity index (χ2v) is 13.1. The van der Waals surface area contributed by atoms with Crippen LogP contribution in [-0.4, -0.2) is 68.8 Å². The Morgan fingerprint density at radius 3 is 2.47 bits per heavy atom.